The van der Waals surface area contributed by atoms with Crippen LogP contribution in [0.1, 0.15) is 24.0 Å². The van der Waals surface area contributed by atoms with Crippen molar-refractivity contribution in [1.29, 1.82) is 0 Å². The summed E-state index contributed by atoms with van der Waals surface area (Å²) in [4.78, 5) is 4.40. The molecule has 0 saturated heterocycles. The van der Waals surface area contributed by atoms with Crippen LogP contribution in [0.5, 0.6) is 11.9 Å². The molecule has 2 atom stereocenters. The van der Waals surface area contributed by atoms with Crippen LogP contribution in [0.15, 0.2) is 54.6 Å². The molecule has 1 aliphatic heterocycles. The molecule has 6 nitrogen and oxygen atoms in total. The first-order valence-corrected chi connectivity index (χ1v) is 8.87. The summed E-state index contributed by atoms with van der Waals surface area (Å²) < 4.78 is 11.4. The predicted molar refractivity (Wildman–Crippen MR) is 103 cm³/mol. The number of fused-ring (bicyclic) bond motifs is 4. The monoisotopic (exact) mass is 358 g/mol. The molecule has 0 fully saturated rings. The Morgan fingerprint density at radius 3 is 2.63 bits per heavy atom. The van der Waals surface area contributed by atoms with Crippen molar-refractivity contribution < 1.29 is 9.47 Å². The molecule has 0 spiro atoms. The summed E-state index contributed by atoms with van der Waals surface area (Å²) in [5, 5.41) is 11.8. The van der Waals surface area contributed by atoms with E-state index in [1.165, 1.54) is 18.2 Å². The summed E-state index contributed by atoms with van der Waals surface area (Å²) in [6.07, 6.45) is 1.85. The molecule has 27 heavy (non-hydrogen) atoms. The molecule has 2 aliphatic rings. The number of para-hydroxylation sites is 1. The van der Waals surface area contributed by atoms with Crippen LogP contribution < -0.4 is 14.8 Å². The summed E-state index contributed by atoms with van der Waals surface area (Å²) in [6, 6.07) is 16.5. The van der Waals surface area contributed by atoms with E-state index in [2.05, 4.69) is 57.8 Å². The molecule has 0 saturated carbocycles. The average Bonchev–Trinajstić information content (AvgIpc) is 2.95. The third-order valence-corrected chi connectivity index (χ3v) is 4.99. The lowest BCUT2D eigenvalue weighted by molar-refractivity contribution is 0.268. The van der Waals surface area contributed by atoms with E-state index in [0.29, 0.717) is 17.5 Å². The van der Waals surface area contributed by atoms with E-state index in [4.69, 9.17) is 9.47 Å². The van der Waals surface area contributed by atoms with Gasteiger partial charge in [-0.1, -0.05) is 60.6 Å². The number of aromatic nitrogens is 3. The molecule has 0 radical (unpaired) electrons. The lowest BCUT2D eigenvalue weighted by Crippen LogP contribution is -2.27. The number of nitrogens with zero attached hydrogens (tertiary/aromatic N) is 3. The number of nitrogens with one attached hydrogen (secondary N) is 1. The first kappa shape index (κ1) is 15.8. The zero-order valence-electron chi connectivity index (χ0n) is 15.0. The minimum Gasteiger partial charge on any atom is -0.466 e. The van der Waals surface area contributed by atoms with Crippen molar-refractivity contribution in [3.8, 4) is 23.1 Å². The Hall–Kier alpha value is -3.41. The first-order valence-electron chi connectivity index (χ1n) is 8.87. The van der Waals surface area contributed by atoms with Gasteiger partial charge >= 0.3 is 6.01 Å². The Kier molecular flexibility index (Phi) is 3.57. The van der Waals surface area contributed by atoms with Crippen molar-refractivity contribution in [2.45, 2.75) is 19.1 Å². The largest absolute Gasteiger partial charge is 0.466 e. The van der Waals surface area contributed by atoms with Gasteiger partial charge in [-0.15, -0.1) is 5.10 Å². The topological polar surface area (TPSA) is 69.2 Å². The smallest absolute Gasteiger partial charge is 0.338 e. The van der Waals surface area contributed by atoms with Gasteiger partial charge in [0.25, 0.3) is 0 Å². The van der Waals surface area contributed by atoms with Gasteiger partial charge in [0.15, 0.2) is 11.9 Å². The van der Waals surface area contributed by atoms with E-state index < -0.39 is 0 Å². The molecule has 1 N–H and O–H groups in total. The summed E-state index contributed by atoms with van der Waals surface area (Å²) in [7, 11) is 1.52. The molecular weight excluding hydrogens is 340 g/mol. The number of benzene rings is 2. The third-order valence-electron chi connectivity index (χ3n) is 4.99. The number of hydrogen-bond donors (Lipinski definition) is 1. The summed E-state index contributed by atoms with van der Waals surface area (Å²) >= 11 is 0. The number of allylic oxidation sites excluding steroid dienone is 1. The number of methoxy groups -OCH3 is 1. The third kappa shape index (κ3) is 2.52. The number of ether oxygens (including phenoxy) is 2. The molecule has 6 heteroatoms. The van der Waals surface area contributed by atoms with E-state index in [1.54, 1.807) is 0 Å². The molecule has 1 aromatic heterocycles. The maximum absolute atomic E-state index is 6.30. The van der Waals surface area contributed by atoms with Gasteiger partial charge in [-0.05, 0) is 17.2 Å². The van der Waals surface area contributed by atoms with Crippen LogP contribution in [0.3, 0.4) is 0 Å². The van der Waals surface area contributed by atoms with Crippen LogP contribution in [0.25, 0.3) is 16.8 Å². The second-order valence-electron chi connectivity index (χ2n) is 6.64. The van der Waals surface area contributed by atoms with Gasteiger partial charge in [0.05, 0.1) is 7.11 Å². The van der Waals surface area contributed by atoms with E-state index in [9.17, 15) is 0 Å². The average molecular weight is 358 g/mol. The quantitative estimate of drug-likeness (QED) is 0.750. The zero-order valence-corrected chi connectivity index (χ0v) is 15.0. The van der Waals surface area contributed by atoms with Gasteiger partial charge in [0.1, 0.15) is 0 Å². The van der Waals surface area contributed by atoms with Crippen molar-refractivity contribution in [2.24, 2.45) is 0 Å². The molecule has 1 aliphatic carbocycles. The molecule has 3 aromatic rings. The molecule has 2 unspecified atom stereocenters. The number of anilines is 1. The number of hydrogen-bond acceptors (Lipinski definition) is 6. The Bertz CT molecular complexity index is 1060. The summed E-state index contributed by atoms with van der Waals surface area (Å²) in [5.74, 6) is 0.736. The standard InChI is InChI=1S/C21H18N4O2/c1-12-11-16(14-8-4-3-7-13(12)14)19-22-17-10-6-5-9-15(17)18-20(27-19)23-21(26-2)25-24-18/h3-12,19,22H,1-2H3. The van der Waals surface area contributed by atoms with Gasteiger partial charge in [-0.3, -0.25) is 0 Å². The SMILES string of the molecule is COc1nnc2c(n1)OC(C1=CC(C)c3ccccc31)Nc1ccccc1-2. The highest BCUT2D eigenvalue weighted by Gasteiger charge is 2.31. The van der Waals surface area contributed by atoms with Crippen LogP contribution in [-0.2, 0) is 0 Å². The van der Waals surface area contributed by atoms with Gasteiger partial charge < -0.3 is 14.8 Å². The molecule has 2 heterocycles. The van der Waals surface area contributed by atoms with Crippen LogP contribution in [0.4, 0.5) is 5.69 Å². The van der Waals surface area contributed by atoms with Gasteiger partial charge in [0.2, 0.25) is 5.88 Å². The molecule has 2 aromatic carbocycles. The normalized spacial score (nSPS) is 19.6. The lowest BCUT2D eigenvalue weighted by atomic mass is 10.0. The predicted octanol–water partition coefficient (Wildman–Crippen LogP) is 3.88. The van der Waals surface area contributed by atoms with E-state index >= 15 is 0 Å². The molecule has 5 rings (SSSR count). The molecule has 0 bridgehead atoms. The van der Waals surface area contributed by atoms with E-state index in [1.807, 2.05) is 24.3 Å². The van der Waals surface area contributed by atoms with Gasteiger partial charge in [0, 0.05) is 22.7 Å². The maximum atomic E-state index is 6.30. The fourth-order valence-corrected chi connectivity index (χ4v) is 3.71. The van der Waals surface area contributed by atoms with E-state index in [0.717, 1.165) is 16.8 Å². The Labute approximate surface area is 156 Å². The minimum absolute atomic E-state index is 0.182. The van der Waals surface area contributed by atoms with Crippen molar-refractivity contribution >= 4 is 11.3 Å². The summed E-state index contributed by atoms with van der Waals surface area (Å²) in [6.45, 7) is 2.19. The second-order valence-corrected chi connectivity index (χ2v) is 6.64. The highest BCUT2D eigenvalue weighted by Crippen LogP contribution is 2.42. The van der Waals surface area contributed by atoms with Crippen LogP contribution in [0.2, 0.25) is 0 Å². The molecular formula is C21H18N4O2. The Morgan fingerprint density at radius 2 is 1.78 bits per heavy atom. The van der Waals surface area contributed by atoms with Crippen LogP contribution >= 0.6 is 0 Å². The van der Waals surface area contributed by atoms with E-state index in [-0.39, 0.29) is 12.2 Å². The Morgan fingerprint density at radius 1 is 1.00 bits per heavy atom. The van der Waals surface area contributed by atoms with Crippen molar-refractivity contribution in [3.63, 3.8) is 0 Å². The minimum atomic E-state index is -0.389. The summed E-state index contributed by atoms with van der Waals surface area (Å²) in [5.41, 5.74) is 6.02. The highest BCUT2D eigenvalue weighted by atomic mass is 16.5. The van der Waals surface area contributed by atoms with Crippen molar-refractivity contribution in [3.05, 3.63) is 65.7 Å². The Balaban J connectivity index is 1.65. The molecule has 134 valence electrons. The van der Waals surface area contributed by atoms with Crippen LogP contribution in [-0.4, -0.2) is 28.5 Å². The fourth-order valence-electron chi connectivity index (χ4n) is 3.71. The maximum Gasteiger partial charge on any atom is 0.338 e. The molecule has 0 amide bonds. The van der Waals surface area contributed by atoms with Crippen molar-refractivity contribution in [2.75, 3.05) is 12.4 Å². The highest BCUT2D eigenvalue weighted by molar-refractivity contribution is 5.84. The first-order chi connectivity index (χ1) is 13.2. The zero-order chi connectivity index (χ0) is 18.4. The van der Waals surface area contributed by atoms with Crippen LogP contribution in [0, 0.1) is 0 Å². The lowest BCUT2D eigenvalue weighted by Gasteiger charge is -2.21. The van der Waals surface area contributed by atoms with Gasteiger partial charge in [-0.2, -0.15) is 4.98 Å². The fraction of sp³-hybridized carbons (Fsp3) is 0.190. The van der Waals surface area contributed by atoms with Gasteiger partial charge in [-0.25, -0.2) is 0 Å². The second kappa shape index (κ2) is 6.09. The number of rotatable bonds is 2. The van der Waals surface area contributed by atoms with Crippen molar-refractivity contribution in [1.82, 2.24) is 15.2 Å².